The minimum Gasteiger partial charge on any atom is -0.548 e. The maximum atomic E-state index is 10.1. The van der Waals surface area contributed by atoms with Gasteiger partial charge < -0.3 is 9.90 Å². The van der Waals surface area contributed by atoms with Crippen LogP contribution in [0.1, 0.15) is 6.92 Å². The summed E-state index contributed by atoms with van der Waals surface area (Å²) in [6.45, 7) is 1.80. The molecule has 0 aliphatic carbocycles. The number of aliphatic imine (C=N–C) groups is 1. The second kappa shape index (κ2) is 4.38. The quantitative estimate of drug-likeness (QED) is 0.377. The van der Waals surface area contributed by atoms with Gasteiger partial charge in [-0.1, -0.05) is 0 Å². The van der Waals surface area contributed by atoms with Crippen molar-refractivity contribution in [3.63, 3.8) is 0 Å². The second-order valence-corrected chi connectivity index (χ2v) is 3.01. The molecule has 1 aliphatic heterocycles. The summed E-state index contributed by atoms with van der Waals surface area (Å²) in [5.74, 6) is -0.534. The third-order valence-electron chi connectivity index (χ3n) is 1.06. The molecule has 0 fully saturated rings. The Balaban J connectivity index is 0.000000810. The maximum Gasteiger partial charge on any atom is 1.00 e. The van der Waals surface area contributed by atoms with Crippen molar-refractivity contribution in [2.24, 2.45) is 4.99 Å². The number of aliphatic carboxylic acids is 1. The molecule has 0 N–H and O–H groups in total. The molecule has 0 spiro atoms. The first-order valence-electron chi connectivity index (χ1n) is 2.58. The van der Waals surface area contributed by atoms with Gasteiger partial charge in [0.1, 0.15) is 0 Å². The molecule has 0 radical (unpaired) electrons. The Labute approximate surface area is 85.6 Å². The van der Waals surface area contributed by atoms with E-state index in [9.17, 15) is 9.90 Å². The molecule has 0 amide bonds. The van der Waals surface area contributed by atoms with E-state index in [0.29, 0.717) is 5.75 Å². The second-order valence-electron chi connectivity index (χ2n) is 1.79. The third kappa shape index (κ3) is 2.62. The Morgan fingerprint density at radius 1 is 1.90 bits per heavy atom. The van der Waals surface area contributed by atoms with Crippen molar-refractivity contribution in [1.29, 1.82) is 0 Å². The molecule has 0 aromatic heterocycles. The Bertz CT molecular complexity index is 171. The summed E-state index contributed by atoms with van der Waals surface area (Å²) in [5, 5.41) is 11.0. The summed E-state index contributed by atoms with van der Waals surface area (Å²) in [4.78, 5) is 13.9. The first-order valence-corrected chi connectivity index (χ1v) is 3.57. The molecule has 10 heavy (non-hydrogen) atoms. The van der Waals surface area contributed by atoms with Crippen LogP contribution in [0.3, 0.4) is 0 Å². The minimum atomic E-state index is -1.07. The molecular weight excluding hydrogens is 161 g/mol. The van der Waals surface area contributed by atoms with Crippen LogP contribution in [0.25, 0.3) is 0 Å². The van der Waals surface area contributed by atoms with Crippen LogP contribution in [-0.4, -0.2) is 22.8 Å². The Morgan fingerprint density at radius 2 is 2.50 bits per heavy atom. The normalized spacial score (nSPS) is 23.3. The van der Waals surface area contributed by atoms with Gasteiger partial charge >= 0.3 is 29.6 Å². The third-order valence-corrected chi connectivity index (χ3v) is 2.07. The molecular formula is C5H6NNaO2S. The number of hydrogen-bond donors (Lipinski definition) is 0. The number of rotatable bonds is 1. The van der Waals surface area contributed by atoms with Crippen LogP contribution in [0.5, 0.6) is 0 Å². The zero-order valence-electron chi connectivity index (χ0n) is 5.96. The molecule has 1 atom stereocenters. The fourth-order valence-electron chi connectivity index (χ4n) is 0.614. The topological polar surface area (TPSA) is 52.5 Å². The molecule has 3 nitrogen and oxygen atoms in total. The van der Waals surface area contributed by atoms with Crippen LogP contribution in [0.15, 0.2) is 4.99 Å². The van der Waals surface area contributed by atoms with E-state index in [1.54, 1.807) is 6.92 Å². The van der Waals surface area contributed by atoms with Crippen LogP contribution in [0.4, 0.5) is 0 Å². The van der Waals surface area contributed by atoms with Crippen LogP contribution in [-0.2, 0) is 4.79 Å². The van der Waals surface area contributed by atoms with Gasteiger partial charge in [-0.2, -0.15) is 0 Å². The summed E-state index contributed by atoms with van der Waals surface area (Å²) < 4.78 is 0. The molecule has 0 saturated carbocycles. The van der Waals surface area contributed by atoms with Crippen molar-refractivity contribution in [3.05, 3.63) is 0 Å². The number of hydrogen-bond acceptors (Lipinski definition) is 4. The van der Waals surface area contributed by atoms with Crippen LogP contribution in [0.2, 0.25) is 0 Å². The molecule has 0 bridgehead atoms. The van der Waals surface area contributed by atoms with Gasteiger partial charge in [-0.3, -0.25) is 4.99 Å². The van der Waals surface area contributed by atoms with Crippen molar-refractivity contribution < 1.29 is 39.5 Å². The number of carboxylic acids is 1. The SMILES string of the molecule is CC1=NC(C(=O)[O-])CS1.[Na+]. The van der Waals surface area contributed by atoms with Gasteiger partial charge in [0.2, 0.25) is 0 Å². The summed E-state index contributed by atoms with van der Waals surface area (Å²) in [5.41, 5.74) is 0. The first kappa shape index (κ1) is 10.5. The summed E-state index contributed by atoms with van der Waals surface area (Å²) in [7, 11) is 0. The summed E-state index contributed by atoms with van der Waals surface area (Å²) in [6.07, 6.45) is 0. The largest absolute Gasteiger partial charge is 1.00 e. The first-order chi connectivity index (χ1) is 4.20. The molecule has 0 saturated heterocycles. The Hall–Kier alpha value is 0.490. The number of carbonyl (C=O) groups is 1. The van der Waals surface area contributed by atoms with Crippen LogP contribution in [0, 0.1) is 0 Å². The standard InChI is InChI=1S/C5H7NO2S.Na/c1-3-6-4(2-9-3)5(7)8;/h4H,2H2,1H3,(H,7,8);/q;+1/p-1. The smallest absolute Gasteiger partial charge is 0.548 e. The van der Waals surface area contributed by atoms with E-state index in [-0.39, 0.29) is 29.6 Å². The molecule has 1 heterocycles. The van der Waals surface area contributed by atoms with Crippen molar-refractivity contribution in [2.75, 3.05) is 5.75 Å². The van der Waals surface area contributed by atoms with Gasteiger partial charge in [0.05, 0.1) is 17.1 Å². The van der Waals surface area contributed by atoms with Gasteiger partial charge in [-0.15, -0.1) is 11.8 Å². The number of carboxylic acid groups (broad SMARTS) is 1. The number of thioether (sulfide) groups is 1. The molecule has 1 rings (SSSR count). The van der Waals surface area contributed by atoms with Crippen molar-refractivity contribution in [1.82, 2.24) is 0 Å². The Morgan fingerprint density at radius 3 is 2.70 bits per heavy atom. The van der Waals surface area contributed by atoms with Crippen LogP contribution < -0.4 is 34.7 Å². The van der Waals surface area contributed by atoms with Gasteiger partial charge in [-0.25, -0.2) is 0 Å². The molecule has 1 unspecified atom stereocenters. The van der Waals surface area contributed by atoms with Gasteiger partial charge in [0.25, 0.3) is 0 Å². The molecule has 1 aliphatic rings. The Kier molecular flexibility index (Phi) is 4.60. The molecule has 5 heteroatoms. The zero-order chi connectivity index (χ0) is 6.85. The van der Waals surface area contributed by atoms with E-state index in [1.165, 1.54) is 11.8 Å². The fraction of sp³-hybridized carbons (Fsp3) is 0.600. The van der Waals surface area contributed by atoms with Crippen LogP contribution >= 0.6 is 11.8 Å². The monoisotopic (exact) mass is 167 g/mol. The summed E-state index contributed by atoms with van der Waals surface area (Å²) in [6, 6.07) is -0.602. The minimum absolute atomic E-state index is 0. The van der Waals surface area contributed by atoms with E-state index in [2.05, 4.69) is 4.99 Å². The maximum absolute atomic E-state index is 10.1. The molecule has 50 valence electrons. The van der Waals surface area contributed by atoms with Gasteiger partial charge in [0.15, 0.2) is 0 Å². The average molecular weight is 167 g/mol. The molecule has 0 aromatic carbocycles. The predicted octanol–water partition coefficient (Wildman–Crippen LogP) is -3.73. The summed E-state index contributed by atoms with van der Waals surface area (Å²) >= 11 is 1.46. The van der Waals surface area contributed by atoms with E-state index < -0.39 is 12.0 Å². The van der Waals surface area contributed by atoms with Crippen molar-refractivity contribution >= 4 is 22.8 Å². The predicted molar refractivity (Wildman–Crippen MR) is 34.4 cm³/mol. The van der Waals surface area contributed by atoms with Gasteiger partial charge in [-0.05, 0) is 6.92 Å². The average Bonchev–Trinajstić information content (AvgIpc) is 2.14. The molecule has 0 aromatic rings. The van der Waals surface area contributed by atoms with E-state index >= 15 is 0 Å². The van der Waals surface area contributed by atoms with E-state index in [1.807, 2.05) is 0 Å². The van der Waals surface area contributed by atoms with E-state index in [0.717, 1.165) is 5.04 Å². The van der Waals surface area contributed by atoms with Crippen molar-refractivity contribution in [2.45, 2.75) is 13.0 Å². The zero-order valence-corrected chi connectivity index (χ0v) is 8.77. The number of nitrogens with zero attached hydrogens (tertiary/aromatic N) is 1. The fourth-order valence-corrected chi connectivity index (χ4v) is 1.43. The van der Waals surface area contributed by atoms with E-state index in [4.69, 9.17) is 0 Å². The number of carbonyl (C=O) groups excluding carboxylic acids is 1. The van der Waals surface area contributed by atoms with Gasteiger partial charge in [0, 0.05) is 5.75 Å². The van der Waals surface area contributed by atoms with Crippen molar-refractivity contribution in [3.8, 4) is 0 Å².